The van der Waals surface area contributed by atoms with Crippen molar-refractivity contribution in [3.05, 3.63) is 86.4 Å². The summed E-state index contributed by atoms with van der Waals surface area (Å²) in [6, 6.07) is 10.7. The fourth-order valence-electron chi connectivity index (χ4n) is 3.82. The first kappa shape index (κ1) is 31.5. The highest BCUT2D eigenvalue weighted by Gasteiger charge is 2.26. The number of aromatic nitrogens is 1. The van der Waals surface area contributed by atoms with Crippen LogP contribution in [0.4, 0.5) is 5.69 Å². The van der Waals surface area contributed by atoms with Crippen molar-refractivity contribution in [3.63, 3.8) is 0 Å². The SMILES string of the molecule is CCC(=Cc1sc2ccc(Cl)cc2[n+]1CS(=O)(=O)[O-])C=C1Sc2ccc(Cl)cc2N1CN=C=C/C=C\CS(=O)(=O)O. The molecular formula is C26H23Cl2N3O6S4. The van der Waals surface area contributed by atoms with Gasteiger partial charge in [-0.15, -0.1) is 0 Å². The Balaban J connectivity index is 1.70. The van der Waals surface area contributed by atoms with Crippen LogP contribution in [0.3, 0.4) is 0 Å². The second kappa shape index (κ2) is 13.2. The number of thiazole rings is 1. The summed E-state index contributed by atoms with van der Waals surface area (Å²) >= 11 is 15.3. The molecule has 0 amide bonds. The number of thioether (sulfide) groups is 1. The molecule has 4 rings (SSSR count). The van der Waals surface area contributed by atoms with Crippen LogP contribution >= 0.6 is 46.3 Å². The quantitative estimate of drug-likeness (QED) is 0.122. The van der Waals surface area contributed by atoms with Crippen LogP contribution in [0.5, 0.6) is 0 Å². The van der Waals surface area contributed by atoms with Gasteiger partial charge in [0.15, 0.2) is 10.1 Å². The maximum absolute atomic E-state index is 11.7. The van der Waals surface area contributed by atoms with E-state index in [1.165, 1.54) is 45.9 Å². The van der Waals surface area contributed by atoms with E-state index in [9.17, 15) is 21.4 Å². The lowest BCUT2D eigenvalue weighted by molar-refractivity contribution is -0.649. The minimum atomic E-state index is -4.58. The molecule has 2 aromatic carbocycles. The van der Waals surface area contributed by atoms with Gasteiger partial charge in [-0.2, -0.15) is 13.0 Å². The molecule has 0 fully saturated rings. The predicted octanol–water partition coefficient (Wildman–Crippen LogP) is 5.87. The van der Waals surface area contributed by atoms with Crippen LogP contribution in [0.1, 0.15) is 18.4 Å². The first-order valence-electron chi connectivity index (χ1n) is 11.9. The zero-order valence-electron chi connectivity index (χ0n) is 21.4. The van der Waals surface area contributed by atoms with Gasteiger partial charge in [-0.1, -0.05) is 65.4 Å². The van der Waals surface area contributed by atoms with Gasteiger partial charge >= 0.3 is 0 Å². The number of hydrogen-bond acceptors (Lipinski definition) is 9. The molecule has 1 aliphatic heterocycles. The molecule has 9 nitrogen and oxygen atoms in total. The van der Waals surface area contributed by atoms with Crippen molar-refractivity contribution in [2.75, 3.05) is 17.3 Å². The lowest BCUT2D eigenvalue weighted by Gasteiger charge is -2.18. The lowest BCUT2D eigenvalue weighted by Crippen LogP contribution is -2.39. The smallest absolute Gasteiger partial charge is 0.268 e. The van der Waals surface area contributed by atoms with Crippen molar-refractivity contribution in [2.45, 2.75) is 24.1 Å². The summed E-state index contributed by atoms with van der Waals surface area (Å²) in [5.41, 5.74) is 2.28. The summed E-state index contributed by atoms with van der Waals surface area (Å²) in [5.74, 6) is 1.50. The molecule has 1 N–H and O–H groups in total. The molecule has 0 saturated carbocycles. The molecule has 15 heteroatoms. The largest absolute Gasteiger partial charge is 0.743 e. The molecule has 3 aromatic rings. The van der Waals surface area contributed by atoms with Crippen LogP contribution < -0.4 is 9.47 Å². The molecule has 0 radical (unpaired) electrons. The van der Waals surface area contributed by atoms with Crippen molar-refractivity contribution >= 4 is 94.4 Å². The van der Waals surface area contributed by atoms with Gasteiger partial charge in [0, 0.05) is 27.1 Å². The van der Waals surface area contributed by atoms with Crippen LogP contribution in [0.2, 0.25) is 10.0 Å². The zero-order chi connectivity index (χ0) is 29.8. The minimum Gasteiger partial charge on any atom is -0.743 e. The molecule has 1 aliphatic rings. The molecule has 0 aliphatic carbocycles. The van der Waals surface area contributed by atoms with E-state index in [-0.39, 0.29) is 6.67 Å². The average Bonchev–Trinajstić information content (AvgIpc) is 3.38. The van der Waals surface area contributed by atoms with Crippen LogP contribution in [0.15, 0.2) is 81.2 Å². The zero-order valence-corrected chi connectivity index (χ0v) is 26.2. The number of benzene rings is 2. The van der Waals surface area contributed by atoms with E-state index in [1.807, 2.05) is 36.1 Å². The molecular weight excluding hydrogens is 649 g/mol. The lowest BCUT2D eigenvalue weighted by atomic mass is 10.2. The highest BCUT2D eigenvalue weighted by Crippen LogP contribution is 2.47. The van der Waals surface area contributed by atoms with Gasteiger partial charge < -0.3 is 9.45 Å². The van der Waals surface area contributed by atoms with Crippen molar-refractivity contribution in [1.82, 2.24) is 0 Å². The third kappa shape index (κ3) is 8.77. The Morgan fingerprint density at radius 3 is 2.61 bits per heavy atom. The topological polar surface area (TPSA) is 131 Å². The average molecular weight is 673 g/mol. The Hall–Kier alpha value is -2.45. The monoisotopic (exact) mass is 671 g/mol. The van der Waals surface area contributed by atoms with E-state index >= 15 is 0 Å². The number of halogens is 2. The molecule has 0 atom stereocenters. The van der Waals surface area contributed by atoms with E-state index in [0.29, 0.717) is 27.0 Å². The summed E-state index contributed by atoms with van der Waals surface area (Å²) in [7, 11) is -8.66. The van der Waals surface area contributed by atoms with Crippen molar-refractivity contribution < 1.29 is 30.5 Å². The fraction of sp³-hybridized carbons (Fsp3) is 0.192. The molecule has 0 spiro atoms. The summed E-state index contributed by atoms with van der Waals surface area (Å²) in [5, 5.41) is 2.41. The second-order valence-corrected chi connectivity index (χ2v) is 14.5. The second-order valence-electron chi connectivity index (χ2n) is 8.64. The predicted molar refractivity (Wildman–Crippen MR) is 165 cm³/mol. The van der Waals surface area contributed by atoms with Gasteiger partial charge in [-0.3, -0.25) is 4.55 Å². The summed E-state index contributed by atoms with van der Waals surface area (Å²) < 4.78 is 67.8. The van der Waals surface area contributed by atoms with Gasteiger partial charge in [0.25, 0.3) is 15.1 Å². The summed E-state index contributed by atoms with van der Waals surface area (Å²) in [6.07, 6.45) is 8.56. The van der Waals surface area contributed by atoms with Gasteiger partial charge in [0.2, 0.25) is 11.4 Å². The summed E-state index contributed by atoms with van der Waals surface area (Å²) in [4.78, 5) is 7.21. The Bertz CT molecular complexity index is 1860. The third-order valence-electron chi connectivity index (χ3n) is 5.61. The van der Waals surface area contributed by atoms with Crippen molar-refractivity contribution in [2.24, 2.45) is 4.99 Å². The minimum absolute atomic E-state index is 0.182. The molecule has 0 bridgehead atoms. The van der Waals surface area contributed by atoms with Gasteiger partial charge in [-0.05, 0) is 60.3 Å². The van der Waals surface area contributed by atoms with Crippen molar-refractivity contribution in [3.8, 4) is 0 Å². The van der Waals surface area contributed by atoms with E-state index in [4.69, 9.17) is 27.8 Å². The Morgan fingerprint density at radius 2 is 1.90 bits per heavy atom. The van der Waals surface area contributed by atoms with Gasteiger partial charge in [0.05, 0.1) is 16.5 Å². The molecule has 41 heavy (non-hydrogen) atoms. The van der Waals surface area contributed by atoms with Crippen LogP contribution in [-0.2, 0) is 26.1 Å². The normalized spacial score (nSPS) is 15.1. The number of rotatable bonds is 10. The molecule has 0 unspecified atom stereocenters. The number of allylic oxidation sites excluding steroid dienone is 4. The highest BCUT2D eigenvalue weighted by molar-refractivity contribution is 8.03. The summed E-state index contributed by atoms with van der Waals surface area (Å²) in [6.45, 7) is 2.15. The van der Waals surface area contributed by atoms with Crippen molar-refractivity contribution in [1.29, 1.82) is 0 Å². The standard InChI is InChI=1S/C26H23Cl2N3O6S4/c1-2-18(13-26-31(17-41(35,36)37)22-15-20(28)7-9-24(22)39-26)12-25-30(21-14-19(27)6-8-23(21)38-25)16-29-10-4-3-5-11-40(32,33)34/h3-9,12-15H,2,11,16-17H2,1H3,(H-,32,33,34,35,36,37)/b5-3-. The molecule has 0 saturated heterocycles. The number of anilines is 1. The number of hydrogen-bond donors (Lipinski definition) is 1. The van der Waals surface area contributed by atoms with Gasteiger partial charge in [-0.25, -0.2) is 13.4 Å². The maximum atomic E-state index is 11.7. The van der Waals surface area contributed by atoms with Crippen LogP contribution in [0, 0.1) is 0 Å². The third-order valence-corrected chi connectivity index (χ3v) is 9.50. The maximum Gasteiger partial charge on any atom is 0.268 e. The Kier molecular flexibility index (Phi) is 10.2. The van der Waals surface area contributed by atoms with Crippen LogP contribution in [0.25, 0.3) is 16.3 Å². The van der Waals surface area contributed by atoms with E-state index in [2.05, 4.69) is 10.9 Å². The van der Waals surface area contributed by atoms with E-state index in [1.54, 1.807) is 24.3 Å². The Morgan fingerprint density at radius 1 is 1.17 bits per heavy atom. The first-order chi connectivity index (χ1) is 19.3. The molecule has 2 heterocycles. The van der Waals surface area contributed by atoms with Gasteiger partial charge in [0.1, 0.15) is 11.4 Å². The highest BCUT2D eigenvalue weighted by atomic mass is 35.5. The molecule has 216 valence electrons. The number of nitrogens with zero attached hydrogens (tertiary/aromatic N) is 3. The fourth-order valence-corrected chi connectivity index (χ4v) is 7.41. The Labute approximate surface area is 256 Å². The number of aliphatic imine (C=N–C) groups is 1. The van der Waals surface area contributed by atoms with E-state index in [0.717, 1.165) is 25.9 Å². The van der Waals surface area contributed by atoms with Crippen LogP contribution in [-0.4, -0.2) is 44.2 Å². The van der Waals surface area contributed by atoms with E-state index < -0.39 is 31.9 Å². The number of fused-ring (bicyclic) bond motifs is 2. The molecule has 1 aromatic heterocycles. The first-order valence-corrected chi connectivity index (χ1v) is 17.5.